The monoisotopic (exact) mass is 428 g/mol. The highest BCUT2D eigenvalue weighted by atomic mass is 33.1. The largest absolute Gasteiger partial charge is 0.493 e. The number of aromatic nitrogens is 1. The molecule has 1 aromatic carbocycles. The van der Waals surface area contributed by atoms with Crippen LogP contribution in [0.25, 0.3) is 0 Å². The van der Waals surface area contributed by atoms with E-state index in [1.807, 2.05) is 5.38 Å². The fourth-order valence-corrected chi connectivity index (χ4v) is 4.37. The number of carbonyl (C=O) groups excluding carboxylic acids is 1. The van der Waals surface area contributed by atoms with Gasteiger partial charge in [0.25, 0.3) is 5.91 Å². The number of amides is 1. The average Bonchev–Trinajstić information content (AvgIpc) is 3.18. The molecule has 0 fully saturated rings. The quantitative estimate of drug-likeness (QED) is 0.392. The summed E-state index contributed by atoms with van der Waals surface area (Å²) in [5, 5.41) is 13.3. The number of hydrogen-bond donors (Lipinski definition) is 2. The van der Waals surface area contributed by atoms with Gasteiger partial charge in [-0.2, -0.15) is 0 Å². The lowest BCUT2D eigenvalue weighted by Crippen LogP contribution is -2.25. The number of hydrogen-bond acceptors (Lipinski definition) is 8. The summed E-state index contributed by atoms with van der Waals surface area (Å²) in [5.41, 5.74) is 3.06. The Morgan fingerprint density at radius 3 is 2.78 bits per heavy atom. The number of carboxylic acids is 1. The van der Waals surface area contributed by atoms with Crippen LogP contribution >= 0.6 is 32.9 Å². The fourth-order valence-electron chi connectivity index (χ4n) is 1.94. The zero-order chi connectivity index (χ0) is 19.5. The number of ether oxygens (including phenoxy) is 2. The molecule has 7 nitrogen and oxygen atoms in total. The van der Waals surface area contributed by atoms with E-state index in [1.54, 1.807) is 23.7 Å². The summed E-state index contributed by atoms with van der Waals surface area (Å²) in [6.07, 6.45) is 0.140. The molecule has 2 N–H and O–H groups in total. The number of aliphatic carboxylic acids is 1. The van der Waals surface area contributed by atoms with Crippen molar-refractivity contribution in [2.75, 3.05) is 25.2 Å². The molecule has 0 aliphatic carbocycles. The van der Waals surface area contributed by atoms with Crippen LogP contribution in [-0.2, 0) is 11.4 Å². The van der Waals surface area contributed by atoms with E-state index in [0.29, 0.717) is 41.7 Å². The minimum absolute atomic E-state index is 0.140. The molecule has 27 heavy (non-hydrogen) atoms. The van der Waals surface area contributed by atoms with Gasteiger partial charge in [-0.25, -0.2) is 4.98 Å². The molecule has 2 aromatic rings. The molecule has 0 spiro atoms. The van der Waals surface area contributed by atoms with Crippen molar-refractivity contribution < 1.29 is 24.2 Å². The molecular weight excluding hydrogens is 408 g/mol. The third kappa shape index (κ3) is 7.69. The number of carboxylic acid groups (broad SMARTS) is 1. The van der Waals surface area contributed by atoms with Gasteiger partial charge < -0.3 is 19.9 Å². The van der Waals surface area contributed by atoms with E-state index in [0.717, 1.165) is 5.69 Å². The Kier molecular flexibility index (Phi) is 9.29. The van der Waals surface area contributed by atoms with Gasteiger partial charge in [0, 0.05) is 29.0 Å². The lowest BCUT2D eigenvalue weighted by molar-refractivity contribution is -0.136. The summed E-state index contributed by atoms with van der Waals surface area (Å²) in [6, 6.07) is 5.03. The molecule has 1 heterocycles. The molecular formula is C17H20N2O5S3. The molecule has 2 rings (SSSR count). The summed E-state index contributed by atoms with van der Waals surface area (Å²) in [5.74, 6) is 1.28. The predicted molar refractivity (Wildman–Crippen MR) is 109 cm³/mol. The maximum atomic E-state index is 12.2. The molecule has 0 saturated carbocycles. The van der Waals surface area contributed by atoms with Gasteiger partial charge in [-0.05, 0) is 18.2 Å². The van der Waals surface area contributed by atoms with Crippen molar-refractivity contribution in [3.8, 4) is 11.5 Å². The van der Waals surface area contributed by atoms with E-state index in [2.05, 4.69) is 10.3 Å². The van der Waals surface area contributed by atoms with Crippen molar-refractivity contribution in [1.29, 1.82) is 0 Å². The highest BCUT2D eigenvalue weighted by Crippen LogP contribution is 2.29. The molecule has 0 aliphatic rings. The first-order chi connectivity index (χ1) is 13.1. The van der Waals surface area contributed by atoms with Crippen LogP contribution in [0.3, 0.4) is 0 Å². The van der Waals surface area contributed by atoms with Gasteiger partial charge in [-0.1, -0.05) is 21.6 Å². The maximum absolute atomic E-state index is 12.2. The fraction of sp³-hybridized carbons (Fsp3) is 0.353. The second kappa shape index (κ2) is 11.7. The normalized spacial score (nSPS) is 10.4. The lowest BCUT2D eigenvalue weighted by Gasteiger charge is -2.11. The van der Waals surface area contributed by atoms with E-state index >= 15 is 0 Å². The van der Waals surface area contributed by atoms with E-state index < -0.39 is 5.97 Å². The zero-order valence-corrected chi connectivity index (χ0v) is 17.1. The standard InChI is InChI=1S/C17H20N2O5S3/c1-23-15-8-12(2-3-14(15)24-9-13-10-25-11-19-13)17(22)18-5-7-27-26-6-4-16(20)21/h2-3,8,10-11H,4-7,9H2,1H3,(H,18,22)(H,20,21). The number of benzene rings is 1. The minimum atomic E-state index is -0.802. The van der Waals surface area contributed by atoms with E-state index in [1.165, 1.54) is 40.0 Å². The second-order valence-corrected chi connectivity index (χ2v) is 8.60. The van der Waals surface area contributed by atoms with Gasteiger partial charge in [-0.3, -0.25) is 9.59 Å². The molecule has 0 saturated heterocycles. The molecule has 0 atom stereocenters. The summed E-state index contributed by atoms with van der Waals surface area (Å²) in [7, 11) is 4.55. The van der Waals surface area contributed by atoms with Crippen molar-refractivity contribution in [3.05, 3.63) is 40.3 Å². The van der Waals surface area contributed by atoms with Crippen LogP contribution in [0.2, 0.25) is 0 Å². The number of carbonyl (C=O) groups is 2. The Balaban J connectivity index is 1.77. The molecule has 1 aromatic heterocycles. The molecule has 146 valence electrons. The van der Waals surface area contributed by atoms with Crippen molar-refractivity contribution in [1.82, 2.24) is 10.3 Å². The first-order valence-electron chi connectivity index (χ1n) is 8.02. The Bertz CT molecular complexity index is 740. The van der Waals surface area contributed by atoms with Crippen molar-refractivity contribution in [2.45, 2.75) is 13.0 Å². The van der Waals surface area contributed by atoms with Crippen molar-refractivity contribution >= 4 is 44.8 Å². The summed E-state index contributed by atoms with van der Waals surface area (Å²) in [6.45, 7) is 0.829. The smallest absolute Gasteiger partial charge is 0.304 e. The zero-order valence-electron chi connectivity index (χ0n) is 14.7. The van der Waals surface area contributed by atoms with E-state index in [9.17, 15) is 9.59 Å². The maximum Gasteiger partial charge on any atom is 0.304 e. The van der Waals surface area contributed by atoms with E-state index in [-0.39, 0.29) is 12.3 Å². The van der Waals surface area contributed by atoms with Crippen LogP contribution in [-0.4, -0.2) is 47.1 Å². The number of nitrogens with zero attached hydrogens (tertiary/aromatic N) is 1. The first kappa shape index (κ1) is 21.4. The van der Waals surface area contributed by atoms with Crippen LogP contribution in [0.15, 0.2) is 29.1 Å². The van der Waals surface area contributed by atoms with Gasteiger partial charge in [0.1, 0.15) is 6.61 Å². The van der Waals surface area contributed by atoms with Gasteiger partial charge in [-0.15, -0.1) is 11.3 Å². The van der Waals surface area contributed by atoms with Gasteiger partial charge in [0.15, 0.2) is 11.5 Å². The molecule has 0 radical (unpaired) electrons. The van der Waals surface area contributed by atoms with E-state index in [4.69, 9.17) is 14.6 Å². The molecule has 0 unspecified atom stereocenters. The first-order valence-corrected chi connectivity index (χ1v) is 11.5. The molecule has 10 heteroatoms. The molecule has 0 bridgehead atoms. The van der Waals surface area contributed by atoms with Crippen molar-refractivity contribution in [2.24, 2.45) is 0 Å². The Hall–Kier alpha value is -1.91. The third-order valence-electron chi connectivity index (χ3n) is 3.24. The van der Waals surface area contributed by atoms with Crippen LogP contribution in [0.1, 0.15) is 22.5 Å². The number of thiazole rings is 1. The minimum Gasteiger partial charge on any atom is -0.493 e. The van der Waals surface area contributed by atoms with Gasteiger partial charge >= 0.3 is 5.97 Å². The highest BCUT2D eigenvalue weighted by Gasteiger charge is 2.11. The van der Waals surface area contributed by atoms with Gasteiger partial charge in [0.05, 0.1) is 24.7 Å². The Labute approximate surface area is 169 Å². The van der Waals surface area contributed by atoms with Crippen LogP contribution in [0.4, 0.5) is 0 Å². The van der Waals surface area contributed by atoms with Crippen molar-refractivity contribution in [3.63, 3.8) is 0 Å². The molecule has 1 amide bonds. The Morgan fingerprint density at radius 2 is 2.07 bits per heavy atom. The second-order valence-electron chi connectivity index (χ2n) is 5.18. The summed E-state index contributed by atoms with van der Waals surface area (Å²) < 4.78 is 11.0. The highest BCUT2D eigenvalue weighted by molar-refractivity contribution is 8.76. The van der Waals surface area contributed by atoms with Crippen LogP contribution in [0.5, 0.6) is 11.5 Å². The predicted octanol–water partition coefficient (Wildman–Crippen LogP) is 3.32. The number of methoxy groups -OCH3 is 1. The summed E-state index contributed by atoms with van der Waals surface area (Å²) in [4.78, 5) is 26.8. The average molecular weight is 429 g/mol. The Morgan fingerprint density at radius 1 is 1.26 bits per heavy atom. The van der Waals surface area contributed by atoms with Gasteiger partial charge in [0.2, 0.25) is 0 Å². The van der Waals surface area contributed by atoms with Crippen LogP contribution < -0.4 is 14.8 Å². The number of nitrogens with one attached hydrogen (secondary N) is 1. The number of rotatable bonds is 12. The topological polar surface area (TPSA) is 97.8 Å². The summed E-state index contributed by atoms with van der Waals surface area (Å²) >= 11 is 1.50. The molecule has 0 aliphatic heterocycles. The SMILES string of the molecule is COc1cc(C(=O)NCCSSCCC(=O)O)ccc1OCc1cscn1. The third-order valence-corrected chi connectivity index (χ3v) is 6.28. The lowest BCUT2D eigenvalue weighted by atomic mass is 10.2. The van der Waals surface area contributed by atoms with Crippen LogP contribution in [0, 0.1) is 0 Å².